The largest absolute Gasteiger partial charge is 0.355 e. The molecule has 1 saturated heterocycles. The molecule has 0 aliphatic carbocycles. The molecule has 1 aliphatic heterocycles. The summed E-state index contributed by atoms with van der Waals surface area (Å²) in [7, 11) is 0. The average Bonchev–Trinajstić information content (AvgIpc) is 3.05. The zero-order chi connectivity index (χ0) is 19.2. The minimum absolute atomic E-state index is 0.0720. The molecule has 142 valence electrons. The van der Waals surface area contributed by atoms with Gasteiger partial charge in [-0.1, -0.05) is 30.3 Å². The molecule has 0 spiro atoms. The Kier molecular flexibility index (Phi) is 6.45. The number of anilines is 1. The molecule has 0 saturated carbocycles. The number of thioether (sulfide) groups is 1. The minimum Gasteiger partial charge on any atom is -0.355 e. The van der Waals surface area contributed by atoms with E-state index < -0.39 is 11.7 Å². The fourth-order valence-corrected chi connectivity index (χ4v) is 3.82. The molecule has 0 radical (unpaired) electrons. The number of halogens is 2. The quantitative estimate of drug-likeness (QED) is 0.738. The molecular weight excluding hydrogens is 370 g/mol. The van der Waals surface area contributed by atoms with Crippen LogP contribution in [-0.2, 0) is 15.3 Å². The van der Waals surface area contributed by atoms with Crippen LogP contribution in [0.5, 0.6) is 0 Å². The van der Waals surface area contributed by atoms with E-state index in [2.05, 4.69) is 5.32 Å². The molecule has 1 aliphatic rings. The summed E-state index contributed by atoms with van der Waals surface area (Å²) >= 11 is 1.52. The third-order valence-electron chi connectivity index (χ3n) is 4.40. The van der Waals surface area contributed by atoms with Crippen molar-refractivity contribution in [2.24, 2.45) is 5.92 Å². The van der Waals surface area contributed by atoms with Gasteiger partial charge in [0, 0.05) is 31.0 Å². The highest BCUT2D eigenvalue weighted by Crippen LogP contribution is 2.27. The van der Waals surface area contributed by atoms with Gasteiger partial charge in [-0.25, -0.2) is 8.78 Å². The number of hydrogen-bond acceptors (Lipinski definition) is 3. The smallest absolute Gasteiger partial charge is 0.227 e. The number of nitrogens with one attached hydrogen (secondary N) is 1. The molecule has 0 aromatic heterocycles. The van der Waals surface area contributed by atoms with E-state index in [4.69, 9.17) is 0 Å². The summed E-state index contributed by atoms with van der Waals surface area (Å²) in [5.74, 6) is -0.497. The second-order valence-corrected chi connectivity index (χ2v) is 7.40. The number of carbonyl (C=O) groups is 2. The first-order valence-electron chi connectivity index (χ1n) is 8.70. The zero-order valence-corrected chi connectivity index (χ0v) is 15.5. The number of carbonyl (C=O) groups excluding carboxylic acids is 2. The summed E-state index contributed by atoms with van der Waals surface area (Å²) in [5, 5.41) is 2.81. The number of para-hydroxylation sites is 1. The molecule has 2 amide bonds. The van der Waals surface area contributed by atoms with E-state index in [0.29, 0.717) is 23.6 Å². The lowest BCUT2D eigenvalue weighted by molar-refractivity contribution is -0.126. The zero-order valence-electron chi connectivity index (χ0n) is 14.7. The van der Waals surface area contributed by atoms with E-state index >= 15 is 0 Å². The molecule has 27 heavy (non-hydrogen) atoms. The van der Waals surface area contributed by atoms with Crippen LogP contribution in [0.1, 0.15) is 12.0 Å². The highest BCUT2D eigenvalue weighted by Gasteiger charge is 2.35. The van der Waals surface area contributed by atoms with E-state index in [0.717, 1.165) is 0 Å². The Hall–Kier alpha value is -2.41. The molecular formula is C20H20F2N2O2S. The van der Waals surface area contributed by atoms with Gasteiger partial charge in [0.2, 0.25) is 11.8 Å². The molecule has 1 N–H and O–H groups in total. The van der Waals surface area contributed by atoms with Crippen molar-refractivity contribution in [1.82, 2.24) is 5.32 Å². The third kappa shape index (κ3) is 4.86. The van der Waals surface area contributed by atoms with Crippen LogP contribution >= 0.6 is 11.8 Å². The molecule has 0 bridgehead atoms. The SMILES string of the molecule is O=C(NCCSCc1ccccc1F)C1CC(=O)N(c2ccccc2F)C1. The number of hydrogen-bond donors (Lipinski definition) is 1. The maximum absolute atomic E-state index is 13.9. The van der Waals surface area contributed by atoms with Crippen molar-refractivity contribution >= 4 is 29.3 Å². The topological polar surface area (TPSA) is 49.4 Å². The molecule has 4 nitrogen and oxygen atoms in total. The first-order chi connectivity index (χ1) is 13.1. The van der Waals surface area contributed by atoms with E-state index in [9.17, 15) is 18.4 Å². The Morgan fingerprint density at radius 1 is 1.11 bits per heavy atom. The van der Waals surface area contributed by atoms with E-state index in [1.165, 1.54) is 34.9 Å². The fourth-order valence-electron chi connectivity index (χ4n) is 2.97. The highest BCUT2D eigenvalue weighted by molar-refractivity contribution is 7.98. The van der Waals surface area contributed by atoms with Crippen molar-refractivity contribution in [2.45, 2.75) is 12.2 Å². The molecule has 1 fully saturated rings. The van der Waals surface area contributed by atoms with Crippen LogP contribution in [0.2, 0.25) is 0 Å². The Bertz CT molecular complexity index is 831. The van der Waals surface area contributed by atoms with E-state index in [1.54, 1.807) is 30.3 Å². The normalized spacial score (nSPS) is 16.6. The van der Waals surface area contributed by atoms with Crippen LogP contribution in [0.4, 0.5) is 14.5 Å². The van der Waals surface area contributed by atoms with Gasteiger partial charge in [0.15, 0.2) is 0 Å². The van der Waals surface area contributed by atoms with Gasteiger partial charge in [0.05, 0.1) is 11.6 Å². The van der Waals surface area contributed by atoms with E-state index in [-0.39, 0.29) is 36.3 Å². The maximum atomic E-state index is 13.9. The van der Waals surface area contributed by atoms with Gasteiger partial charge in [-0.05, 0) is 23.8 Å². The van der Waals surface area contributed by atoms with E-state index in [1.807, 2.05) is 0 Å². The standard InChI is InChI=1S/C20H20F2N2O2S/c21-16-6-2-1-5-14(16)13-27-10-9-23-20(26)15-11-19(25)24(12-15)18-8-4-3-7-17(18)22/h1-8,15H,9-13H2,(H,23,26). The fraction of sp³-hybridized carbons (Fsp3) is 0.300. The van der Waals surface area contributed by atoms with Crippen LogP contribution in [0.3, 0.4) is 0 Å². The number of amides is 2. The Morgan fingerprint density at radius 2 is 1.81 bits per heavy atom. The number of nitrogens with zero attached hydrogens (tertiary/aromatic N) is 1. The van der Waals surface area contributed by atoms with Gasteiger partial charge >= 0.3 is 0 Å². The van der Waals surface area contributed by atoms with Gasteiger partial charge in [0.25, 0.3) is 0 Å². The molecule has 1 unspecified atom stereocenters. The summed E-state index contributed by atoms with van der Waals surface area (Å²) in [4.78, 5) is 25.8. The van der Waals surface area contributed by atoms with Gasteiger partial charge < -0.3 is 10.2 Å². The number of rotatable bonds is 7. The summed E-state index contributed by atoms with van der Waals surface area (Å²) in [6.07, 6.45) is 0.0720. The lowest BCUT2D eigenvalue weighted by atomic mass is 10.1. The summed E-state index contributed by atoms with van der Waals surface area (Å²) < 4.78 is 27.4. The molecule has 1 atom stereocenters. The summed E-state index contributed by atoms with van der Waals surface area (Å²) in [6.45, 7) is 0.607. The predicted molar refractivity (Wildman–Crippen MR) is 102 cm³/mol. The first-order valence-corrected chi connectivity index (χ1v) is 9.85. The van der Waals surface area contributed by atoms with Crippen molar-refractivity contribution in [1.29, 1.82) is 0 Å². The van der Waals surface area contributed by atoms with Gasteiger partial charge in [-0.2, -0.15) is 11.8 Å². The minimum atomic E-state index is -0.492. The van der Waals surface area contributed by atoms with Crippen LogP contribution < -0.4 is 10.2 Å². The second-order valence-electron chi connectivity index (χ2n) is 6.29. The van der Waals surface area contributed by atoms with Crippen molar-refractivity contribution in [2.75, 3.05) is 23.7 Å². The molecule has 1 heterocycles. The molecule has 2 aromatic carbocycles. The van der Waals surface area contributed by atoms with Crippen molar-refractivity contribution in [3.8, 4) is 0 Å². The number of benzene rings is 2. The lowest BCUT2D eigenvalue weighted by Crippen LogP contribution is -2.34. The third-order valence-corrected chi connectivity index (χ3v) is 5.41. The van der Waals surface area contributed by atoms with Crippen molar-refractivity contribution < 1.29 is 18.4 Å². The van der Waals surface area contributed by atoms with Gasteiger partial charge in [0.1, 0.15) is 11.6 Å². The molecule has 3 rings (SSSR count). The van der Waals surface area contributed by atoms with Crippen LogP contribution in [0, 0.1) is 17.6 Å². The lowest BCUT2D eigenvalue weighted by Gasteiger charge is -2.17. The highest BCUT2D eigenvalue weighted by atomic mass is 32.2. The monoisotopic (exact) mass is 390 g/mol. The maximum Gasteiger partial charge on any atom is 0.227 e. The van der Waals surface area contributed by atoms with Crippen molar-refractivity contribution in [3.63, 3.8) is 0 Å². The summed E-state index contributed by atoms with van der Waals surface area (Å²) in [5.41, 5.74) is 0.842. The Labute approximate surface area is 160 Å². The van der Waals surface area contributed by atoms with Gasteiger partial charge in [-0.3, -0.25) is 9.59 Å². The van der Waals surface area contributed by atoms with Crippen LogP contribution in [-0.4, -0.2) is 30.7 Å². The Balaban J connectivity index is 1.43. The van der Waals surface area contributed by atoms with Crippen molar-refractivity contribution in [3.05, 3.63) is 65.7 Å². The van der Waals surface area contributed by atoms with Gasteiger partial charge in [-0.15, -0.1) is 0 Å². The van der Waals surface area contributed by atoms with Crippen LogP contribution in [0.25, 0.3) is 0 Å². The first kappa shape index (κ1) is 19.4. The second kappa shape index (κ2) is 8.99. The predicted octanol–water partition coefficient (Wildman–Crippen LogP) is 3.37. The molecule has 2 aromatic rings. The Morgan fingerprint density at radius 3 is 2.56 bits per heavy atom. The molecule has 7 heteroatoms. The van der Waals surface area contributed by atoms with Crippen LogP contribution in [0.15, 0.2) is 48.5 Å². The average molecular weight is 390 g/mol. The summed E-state index contributed by atoms with van der Waals surface area (Å²) in [6, 6.07) is 12.7.